The Hall–Kier alpha value is -1.95. The second-order valence-corrected chi connectivity index (χ2v) is 4.34. The molecule has 0 saturated heterocycles. The molecule has 0 aliphatic carbocycles. The molecule has 2 amide bonds. The number of nitrogens with one attached hydrogen (secondary N) is 1. The Kier molecular flexibility index (Phi) is 5.44. The van der Waals surface area contributed by atoms with Crippen LogP contribution in [0.2, 0.25) is 5.02 Å². The van der Waals surface area contributed by atoms with Gasteiger partial charge < -0.3 is 15.2 Å². The van der Waals surface area contributed by atoms with Crippen molar-refractivity contribution in [3.63, 3.8) is 0 Å². The van der Waals surface area contributed by atoms with Crippen LogP contribution < -0.4 is 20.6 Å². The van der Waals surface area contributed by atoms with E-state index in [4.69, 9.17) is 26.8 Å². The molecule has 19 heavy (non-hydrogen) atoms. The number of carbonyl (C=O) groups excluding carboxylic acids is 1. The van der Waals surface area contributed by atoms with E-state index >= 15 is 0 Å². The van der Waals surface area contributed by atoms with E-state index in [9.17, 15) is 4.79 Å². The summed E-state index contributed by atoms with van der Waals surface area (Å²) >= 11 is 6.12. The number of hydrogen-bond donors (Lipinski definition) is 2. The summed E-state index contributed by atoms with van der Waals surface area (Å²) < 4.78 is 10.8. The molecule has 0 aliphatic heterocycles. The van der Waals surface area contributed by atoms with Crippen molar-refractivity contribution in [1.29, 1.82) is 0 Å². The molecule has 0 aromatic heterocycles. The molecule has 0 saturated carbocycles. The molecule has 6 nitrogen and oxygen atoms in total. The number of ether oxygens (including phenoxy) is 2. The molecule has 3 N–H and O–H groups in total. The fraction of sp³-hybridized carbons (Fsp3) is 0.333. The summed E-state index contributed by atoms with van der Waals surface area (Å²) in [6.45, 7) is 3.78. The van der Waals surface area contributed by atoms with E-state index in [0.29, 0.717) is 22.1 Å². The van der Waals surface area contributed by atoms with Gasteiger partial charge in [-0.05, 0) is 31.5 Å². The molecule has 0 fully saturated rings. The Bertz CT molecular complexity index is 489. The molecule has 0 aliphatic rings. The summed E-state index contributed by atoms with van der Waals surface area (Å²) in [5.41, 5.74) is 7.62. The molecule has 0 unspecified atom stereocenters. The zero-order chi connectivity index (χ0) is 14.4. The molecule has 0 radical (unpaired) electrons. The highest BCUT2D eigenvalue weighted by Crippen LogP contribution is 2.36. The molecule has 7 heteroatoms. The third-order valence-corrected chi connectivity index (χ3v) is 2.27. The van der Waals surface area contributed by atoms with E-state index in [1.807, 2.05) is 13.8 Å². The van der Waals surface area contributed by atoms with Crippen molar-refractivity contribution in [2.75, 3.05) is 7.11 Å². The molecule has 1 aromatic carbocycles. The largest absolute Gasteiger partial charge is 0.493 e. The first-order valence-corrected chi connectivity index (χ1v) is 5.94. The van der Waals surface area contributed by atoms with Gasteiger partial charge in [0.15, 0.2) is 11.5 Å². The number of halogens is 1. The lowest BCUT2D eigenvalue weighted by atomic mass is 10.2. The van der Waals surface area contributed by atoms with Gasteiger partial charge in [0.25, 0.3) is 0 Å². The highest BCUT2D eigenvalue weighted by atomic mass is 35.5. The quantitative estimate of drug-likeness (QED) is 0.642. The lowest BCUT2D eigenvalue weighted by molar-refractivity contribution is 0.230. The van der Waals surface area contributed by atoms with Crippen LogP contribution in [0.1, 0.15) is 19.4 Å². The van der Waals surface area contributed by atoms with Crippen molar-refractivity contribution < 1.29 is 14.3 Å². The smallest absolute Gasteiger partial charge is 0.332 e. The minimum absolute atomic E-state index is 0.0255. The predicted molar refractivity (Wildman–Crippen MR) is 74.1 cm³/mol. The van der Waals surface area contributed by atoms with Crippen LogP contribution >= 0.6 is 11.6 Å². The Morgan fingerprint density at radius 1 is 1.53 bits per heavy atom. The van der Waals surface area contributed by atoms with Crippen LogP contribution in [0.15, 0.2) is 17.2 Å². The standard InChI is InChI=1S/C12H16ClN3O3/c1-7(2)19-11-9(13)4-8(5-10(11)18-3)6-15-16-12(14)17/h4-7H,1-3H3,(H3,14,16,17)/b15-6+. The first kappa shape index (κ1) is 15.1. The van der Waals surface area contributed by atoms with E-state index in [2.05, 4.69) is 10.5 Å². The lowest BCUT2D eigenvalue weighted by Gasteiger charge is -2.15. The minimum atomic E-state index is -0.742. The van der Waals surface area contributed by atoms with Gasteiger partial charge in [-0.15, -0.1) is 0 Å². The van der Waals surface area contributed by atoms with Crippen molar-refractivity contribution in [2.24, 2.45) is 10.8 Å². The number of hydrazone groups is 1. The Morgan fingerprint density at radius 3 is 2.74 bits per heavy atom. The van der Waals surface area contributed by atoms with Crippen molar-refractivity contribution in [2.45, 2.75) is 20.0 Å². The molecule has 104 valence electrons. The van der Waals surface area contributed by atoms with Crippen LogP contribution in [-0.2, 0) is 0 Å². The van der Waals surface area contributed by atoms with Gasteiger partial charge in [-0.2, -0.15) is 5.10 Å². The average Bonchev–Trinajstić information content (AvgIpc) is 2.31. The van der Waals surface area contributed by atoms with E-state index in [1.54, 1.807) is 12.1 Å². The number of methoxy groups -OCH3 is 1. The van der Waals surface area contributed by atoms with Gasteiger partial charge in [-0.1, -0.05) is 11.6 Å². The third kappa shape index (κ3) is 4.67. The van der Waals surface area contributed by atoms with Gasteiger partial charge in [0.1, 0.15) is 0 Å². The topological polar surface area (TPSA) is 85.9 Å². The fourth-order valence-corrected chi connectivity index (χ4v) is 1.60. The zero-order valence-corrected chi connectivity index (χ0v) is 11.7. The van der Waals surface area contributed by atoms with Crippen LogP contribution in [0.3, 0.4) is 0 Å². The molecular weight excluding hydrogens is 270 g/mol. The van der Waals surface area contributed by atoms with Crippen LogP contribution in [0, 0.1) is 0 Å². The first-order chi connectivity index (χ1) is 8.93. The summed E-state index contributed by atoms with van der Waals surface area (Å²) in [5.74, 6) is 0.959. The maximum Gasteiger partial charge on any atom is 0.332 e. The Morgan fingerprint density at radius 2 is 2.21 bits per heavy atom. The third-order valence-electron chi connectivity index (χ3n) is 1.99. The van der Waals surface area contributed by atoms with Gasteiger partial charge >= 0.3 is 6.03 Å². The summed E-state index contributed by atoms with van der Waals surface area (Å²) in [4.78, 5) is 10.5. The van der Waals surface area contributed by atoms with Crippen LogP contribution in [0.5, 0.6) is 11.5 Å². The van der Waals surface area contributed by atoms with Crippen molar-refractivity contribution in [3.05, 3.63) is 22.7 Å². The number of amides is 2. The van der Waals surface area contributed by atoms with Crippen LogP contribution in [0.25, 0.3) is 0 Å². The van der Waals surface area contributed by atoms with Gasteiger partial charge in [-0.3, -0.25) is 0 Å². The predicted octanol–water partition coefficient (Wildman–Crippen LogP) is 2.14. The van der Waals surface area contributed by atoms with E-state index < -0.39 is 6.03 Å². The molecule has 0 spiro atoms. The highest BCUT2D eigenvalue weighted by Gasteiger charge is 2.12. The fourth-order valence-electron chi connectivity index (χ4n) is 1.33. The van der Waals surface area contributed by atoms with Crippen molar-refractivity contribution >= 4 is 23.8 Å². The second-order valence-electron chi connectivity index (χ2n) is 3.93. The highest BCUT2D eigenvalue weighted by molar-refractivity contribution is 6.32. The number of hydrogen-bond acceptors (Lipinski definition) is 4. The zero-order valence-electron chi connectivity index (χ0n) is 10.9. The van der Waals surface area contributed by atoms with E-state index in [-0.39, 0.29) is 6.10 Å². The van der Waals surface area contributed by atoms with Gasteiger partial charge in [-0.25, -0.2) is 10.2 Å². The molecule has 0 bridgehead atoms. The van der Waals surface area contributed by atoms with Crippen LogP contribution in [-0.4, -0.2) is 25.5 Å². The number of nitrogens with two attached hydrogens (primary N) is 1. The number of benzene rings is 1. The maximum atomic E-state index is 10.5. The number of nitrogens with zero attached hydrogens (tertiary/aromatic N) is 1. The summed E-state index contributed by atoms with van der Waals surface area (Å²) in [6, 6.07) is 2.60. The molecular formula is C12H16ClN3O3. The number of urea groups is 1. The first-order valence-electron chi connectivity index (χ1n) is 5.56. The molecule has 0 atom stereocenters. The number of carbonyl (C=O) groups is 1. The van der Waals surface area contributed by atoms with Gasteiger partial charge in [0, 0.05) is 0 Å². The van der Waals surface area contributed by atoms with E-state index in [0.717, 1.165) is 0 Å². The van der Waals surface area contributed by atoms with Crippen molar-refractivity contribution in [3.8, 4) is 11.5 Å². The summed E-state index contributed by atoms with van der Waals surface area (Å²) in [7, 11) is 1.52. The van der Waals surface area contributed by atoms with Crippen molar-refractivity contribution in [1.82, 2.24) is 5.43 Å². The Labute approximate surface area is 116 Å². The van der Waals surface area contributed by atoms with Gasteiger partial charge in [0.05, 0.1) is 24.5 Å². The number of primary amides is 1. The summed E-state index contributed by atoms with van der Waals surface area (Å²) in [5, 5.41) is 4.04. The molecule has 0 heterocycles. The second kappa shape index (κ2) is 6.84. The minimum Gasteiger partial charge on any atom is -0.493 e. The normalized spacial score (nSPS) is 10.8. The number of rotatable bonds is 5. The molecule has 1 aromatic rings. The average molecular weight is 286 g/mol. The molecule has 1 rings (SSSR count). The maximum absolute atomic E-state index is 10.5. The van der Waals surface area contributed by atoms with Crippen LogP contribution in [0.4, 0.5) is 4.79 Å². The van der Waals surface area contributed by atoms with Gasteiger partial charge in [0.2, 0.25) is 0 Å². The van der Waals surface area contributed by atoms with E-state index in [1.165, 1.54) is 13.3 Å². The Balaban J connectivity index is 3.01. The summed E-state index contributed by atoms with van der Waals surface area (Å²) in [6.07, 6.45) is 1.38. The lowest BCUT2D eigenvalue weighted by Crippen LogP contribution is -2.24. The SMILES string of the molecule is COc1cc(/C=N/NC(N)=O)cc(Cl)c1OC(C)C. The monoisotopic (exact) mass is 285 g/mol.